The highest BCUT2D eigenvalue weighted by Gasteiger charge is 2.27. The number of ether oxygens (including phenoxy) is 1. The maximum Gasteiger partial charge on any atom is 0.232 e. The van der Waals surface area contributed by atoms with Crippen LogP contribution in [0.3, 0.4) is 0 Å². The second-order valence-corrected chi connectivity index (χ2v) is 8.08. The van der Waals surface area contributed by atoms with Crippen LogP contribution in [0.4, 0.5) is 0 Å². The fourth-order valence-corrected chi connectivity index (χ4v) is 4.30. The quantitative estimate of drug-likeness (QED) is 0.592. The van der Waals surface area contributed by atoms with Crippen LogP contribution in [0.1, 0.15) is 31.6 Å². The van der Waals surface area contributed by atoms with Crippen molar-refractivity contribution >= 4 is 45.7 Å². The number of carbonyl (C=O) groups is 1. The van der Waals surface area contributed by atoms with Gasteiger partial charge in [-0.15, -0.1) is 0 Å². The van der Waals surface area contributed by atoms with E-state index in [-0.39, 0.29) is 24.5 Å². The van der Waals surface area contributed by atoms with Crippen molar-refractivity contribution in [2.24, 2.45) is 10.7 Å². The molecule has 8 nitrogen and oxygen atoms in total. The molecule has 1 saturated heterocycles. The third-order valence-corrected chi connectivity index (χ3v) is 5.66. The SMILES string of the molecule is CN=CC(=CN)NC(=O)Cc1nc2cnc3ccc(Cl)cc3c2n1[C@@H]1CCO[C@H](C)C1. The van der Waals surface area contributed by atoms with E-state index in [1.54, 1.807) is 13.2 Å². The minimum Gasteiger partial charge on any atom is -0.403 e. The predicted molar refractivity (Wildman–Crippen MR) is 122 cm³/mol. The van der Waals surface area contributed by atoms with E-state index in [2.05, 4.69) is 26.8 Å². The fraction of sp³-hybridized carbons (Fsp3) is 0.364. The van der Waals surface area contributed by atoms with Gasteiger partial charge in [0.05, 0.1) is 35.5 Å². The number of pyridine rings is 1. The minimum atomic E-state index is -0.219. The molecule has 0 aliphatic carbocycles. The van der Waals surface area contributed by atoms with Gasteiger partial charge in [-0.2, -0.15) is 0 Å². The summed E-state index contributed by atoms with van der Waals surface area (Å²) in [5.74, 6) is 0.453. The molecule has 2 aromatic heterocycles. The van der Waals surface area contributed by atoms with E-state index in [9.17, 15) is 4.79 Å². The molecule has 2 atom stereocenters. The first-order chi connectivity index (χ1) is 15.0. The third kappa shape index (κ3) is 4.40. The monoisotopic (exact) mass is 440 g/mol. The van der Waals surface area contributed by atoms with Crippen molar-refractivity contribution in [3.8, 4) is 0 Å². The van der Waals surface area contributed by atoms with Gasteiger partial charge in [0.2, 0.25) is 5.91 Å². The molecule has 9 heteroatoms. The molecule has 3 aromatic rings. The van der Waals surface area contributed by atoms with Crippen LogP contribution in [0.5, 0.6) is 0 Å². The molecule has 3 heterocycles. The average Bonchev–Trinajstić information content (AvgIpc) is 3.11. The summed E-state index contributed by atoms with van der Waals surface area (Å²) in [7, 11) is 1.62. The molecule has 31 heavy (non-hydrogen) atoms. The summed E-state index contributed by atoms with van der Waals surface area (Å²) in [5.41, 5.74) is 8.53. The molecule has 0 unspecified atom stereocenters. The number of amides is 1. The number of halogens is 1. The van der Waals surface area contributed by atoms with Crippen molar-refractivity contribution in [3.05, 3.63) is 47.1 Å². The number of carbonyl (C=O) groups excluding carboxylic acids is 1. The van der Waals surface area contributed by atoms with E-state index in [0.717, 1.165) is 34.8 Å². The van der Waals surface area contributed by atoms with Crippen LogP contribution in [0.25, 0.3) is 21.9 Å². The van der Waals surface area contributed by atoms with Crippen LogP contribution in [0.2, 0.25) is 5.02 Å². The number of rotatable bonds is 5. The lowest BCUT2D eigenvalue weighted by molar-refractivity contribution is -0.119. The van der Waals surface area contributed by atoms with E-state index in [4.69, 9.17) is 27.1 Å². The summed E-state index contributed by atoms with van der Waals surface area (Å²) in [6, 6.07) is 5.78. The average molecular weight is 441 g/mol. The molecule has 1 amide bonds. The second kappa shape index (κ2) is 9.03. The molecule has 1 aliphatic heterocycles. The molecule has 162 valence electrons. The zero-order chi connectivity index (χ0) is 22.0. The van der Waals surface area contributed by atoms with E-state index in [0.29, 0.717) is 23.2 Å². The topological polar surface area (TPSA) is 107 Å². The summed E-state index contributed by atoms with van der Waals surface area (Å²) >= 11 is 6.30. The first-order valence-corrected chi connectivity index (χ1v) is 10.6. The van der Waals surface area contributed by atoms with E-state index in [1.807, 2.05) is 18.2 Å². The lowest BCUT2D eigenvalue weighted by atomic mass is 10.0. The van der Waals surface area contributed by atoms with E-state index >= 15 is 0 Å². The van der Waals surface area contributed by atoms with Gasteiger partial charge in [-0.25, -0.2) is 4.98 Å². The Hall–Kier alpha value is -2.97. The molecule has 0 bridgehead atoms. The van der Waals surface area contributed by atoms with Crippen molar-refractivity contribution in [2.75, 3.05) is 13.7 Å². The van der Waals surface area contributed by atoms with Crippen molar-refractivity contribution in [1.29, 1.82) is 0 Å². The molecule has 1 fully saturated rings. The zero-order valence-corrected chi connectivity index (χ0v) is 18.3. The Labute approximate surface area is 185 Å². The Morgan fingerprint density at radius 2 is 2.29 bits per heavy atom. The molecule has 1 aromatic carbocycles. The Morgan fingerprint density at radius 1 is 1.45 bits per heavy atom. The van der Waals surface area contributed by atoms with Gasteiger partial charge in [0.25, 0.3) is 0 Å². The summed E-state index contributed by atoms with van der Waals surface area (Å²) < 4.78 is 7.93. The normalized spacial score (nSPS) is 20.0. The van der Waals surface area contributed by atoms with Crippen LogP contribution in [0.15, 0.2) is 41.3 Å². The predicted octanol–water partition coefficient (Wildman–Crippen LogP) is 3.14. The second-order valence-electron chi connectivity index (χ2n) is 7.65. The van der Waals surface area contributed by atoms with Crippen LogP contribution >= 0.6 is 11.6 Å². The number of aliphatic imine (C=N–C) groups is 1. The van der Waals surface area contributed by atoms with Crippen molar-refractivity contribution in [2.45, 2.75) is 38.3 Å². The molecule has 4 rings (SSSR count). The van der Waals surface area contributed by atoms with Gasteiger partial charge >= 0.3 is 0 Å². The van der Waals surface area contributed by atoms with Crippen molar-refractivity contribution in [1.82, 2.24) is 19.9 Å². The fourth-order valence-electron chi connectivity index (χ4n) is 4.13. The minimum absolute atomic E-state index is 0.0946. The number of allylic oxidation sites excluding steroid dienone is 1. The van der Waals surface area contributed by atoms with Crippen molar-refractivity contribution < 1.29 is 9.53 Å². The number of hydrogen-bond acceptors (Lipinski definition) is 6. The van der Waals surface area contributed by atoms with Crippen LogP contribution in [0, 0.1) is 0 Å². The molecular formula is C22H25ClN6O2. The Balaban J connectivity index is 1.82. The highest BCUT2D eigenvalue weighted by molar-refractivity contribution is 6.31. The number of nitrogens with one attached hydrogen (secondary N) is 1. The maximum atomic E-state index is 12.8. The van der Waals surface area contributed by atoms with Crippen LogP contribution in [-0.2, 0) is 16.0 Å². The Morgan fingerprint density at radius 3 is 3.03 bits per heavy atom. The zero-order valence-electron chi connectivity index (χ0n) is 17.5. The number of fused-ring (bicyclic) bond motifs is 3. The molecule has 0 saturated carbocycles. The van der Waals surface area contributed by atoms with Gasteiger partial charge in [0, 0.05) is 42.5 Å². The smallest absolute Gasteiger partial charge is 0.232 e. The number of imidazole rings is 1. The molecule has 3 N–H and O–H groups in total. The van der Waals surface area contributed by atoms with Crippen LogP contribution < -0.4 is 11.1 Å². The van der Waals surface area contributed by atoms with Crippen molar-refractivity contribution in [3.63, 3.8) is 0 Å². The lowest BCUT2D eigenvalue weighted by Crippen LogP contribution is -2.30. The van der Waals surface area contributed by atoms with Gasteiger partial charge in [0.15, 0.2) is 0 Å². The Bertz CT molecular complexity index is 1190. The number of hydrogen-bond donors (Lipinski definition) is 2. The lowest BCUT2D eigenvalue weighted by Gasteiger charge is -2.30. The number of nitrogens with two attached hydrogens (primary N) is 1. The summed E-state index contributed by atoms with van der Waals surface area (Å²) in [6.45, 7) is 2.73. The first-order valence-electron chi connectivity index (χ1n) is 10.2. The van der Waals surface area contributed by atoms with Gasteiger partial charge in [0.1, 0.15) is 11.3 Å². The first kappa shape index (κ1) is 21.3. The van der Waals surface area contributed by atoms with E-state index < -0.39 is 0 Å². The highest BCUT2D eigenvalue weighted by atomic mass is 35.5. The highest BCUT2D eigenvalue weighted by Crippen LogP contribution is 2.34. The molecule has 0 spiro atoms. The number of benzene rings is 1. The standard InChI is InChI=1S/C22H25ClN6O2/c1-13-7-16(5-6-31-13)29-20(9-21(30)27-15(10-24)11-25-2)28-19-12-26-18-4-3-14(23)8-17(18)22(19)29/h3-4,8,10-13,16H,5-7,9,24H2,1-2H3,(H,27,30)/t13-,16-/m1/s1. The maximum absolute atomic E-state index is 12.8. The van der Waals surface area contributed by atoms with Crippen LogP contribution in [-0.4, -0.2) is 46.4 Å². The third-order valence-electron chi connectivity index (χ3n) is 5.42. The largest absolute Gasteiger partial charge is 0.403 e. The summed E-state index contributed by atoms with van der Waals surface area (Å²) in [5, 5.41) is 4.33. The van der Waals surface area contributed by atoms with Gasteiger partial charge in [-0.05, 0) is 38.0 Å². The number of aromatic nitrogens is 3. The molecule has 0 radical (unpaired) electrons. The molecular weight excluding hydrogens is 416 g/mol. The summed E-state index contributed by atoms with van der Waals surface area (Å²) in [4.78, 5) is 26.0. The Kier molecular flexibility index (Phi) is 6.20. The van der Waals surface area contributed by atoms with E-state index in [1.165, 1.54) is 12.4 Å². The van der Waals surface area contributed by atoms with Gasteiger partial charge in [-0.1, -0.05) is 11.6 Å². The number of nitrogens with zero attached hydrogens (tertiary/aromatic N) is 4. The summed E-state index contributed by atoms with van der Waals surface area (Å²) in [6.07, 6.45) is 6.46. The molecule has 1 aliphatic rings. The van der Waals surface area contributed by atoms with Gasteiger partial charge in [-0.3, -0.25) is 14.8 Å². The van der Waals surface area contributed by atoms with Gasteiger partial charge < -0.3 is 20.4 Å².